The predicted octanol–water partition coefficient (Wildman–Crippen LogP) is 1.93. The van der Waals surface area contributed by atoms with Gasteiger partial charge in [-0.3, -0.25) is 4.57 Å². The summed E-state index contributed by atoms with van der Waals surface area (Å²) >= 11 is 0. The highest BCUT2D eigenvalue weighted by Crippen LogP contribution is 2.11. The van der Waals surface area contributed by atoms with E-state index in [4.69, 9.17) is 0 Å². The largest absolute Gasteiger partial charge is 0.355 e. The molecule has 0 amide bonds. The minimum atomic E-state index is 0.624. The zero-order chi connectivity index (χ0) is 10.6. The van der Waals surface area contributed by atoms with Crippen LogP contribution < -0.4 is 5.32 Å². The van der Waals surface area contributed by atoms with Crippen molar-refractivity contribution in [2.24, 2.45) is 5.92 Å². The monoisotopic (exact) mass is 196 g/mol. The maximum Gasteiger partial charge on any atom is 0.224 e. The summed E-state index contributed by atoms with van der Waals surface area (Å²) in [6, 6.07) is 0. The van der Waals surface area contributed by atoms with Crippen molar-refractivity contribution in [1.29, 1.82) is 0 Å². The van der Waals surface area contributed by atoms with Gasteiger partial charge in [0.05, 0.1) is 0 Å². The van der Waals surface area contributed by atoms with Crippen LogP contribution in [0.15, 0.2) is 0 Å². The first-order chi connectivity index (χ1) is 6.69. The Morgan fingerprint density at radius 3 is 2.50 bits per heavy atom. The van der Waals surface area contributed by atoms with E-state index in [0.29, 0.717) is 5.92 Å². The van der Waals surface area contributed by atoms with Crippen LogP contribution in [0.1, 0.15) is 33.5 Å². The van der Waals surface area contributed by atoms with E-state index in [9.17, 15) is 0 Å². The van der Waals surface area contributed by atoms with Gasteiger partial charge in [-0.2, -0.15) is 0 Å². The lowest BCUT2D eigenvalue weighted by Gasteiger charge is -2.08. The lowest BCUT2D eigenvalue weighted by molar-refractivity contribution is 0.584. The second-order valence-electron chi connectivity index (χ2n) is 3.81. The van der Waals surface area contributed by atoms with E-state index in [2.05, 4.69) is 47.8 Å². The quantitative estimate of drug-likeness (QED) is 0.782. The fourth-order valence-electron chi connectivity index (χ4n) is 1.47. The molecule has 0 bridgehead atoms. The van der Waals surface area contributed by atoms with E-state index >= 15 is 0 Å². The number of hydrogen-bond acceptors (Lipinski definition) is 3. The van der Waals surface area contributed by atoms with Gasteiger partial charge in [0.25, 0.3) is 0 Å². The van der Waals surface area contributed by atoms with Crippen molar-refractivity contribution >= 4 is 5.95 Å². The molecular formula is C10H20N4. The zero-order valence-corrected chi connectivity index (χ0v) is 9.54. The van der Waals surface area contributed by atoms with Crippen molar-refractivity contribution in [3.05, 3.63) is 5.82 Å². The number of anilines is 1. The highest BCUT2D eigenvalue weighted by atomic mass is 15.3. The van der Waals surface area contributed by atoms with Crippen LogP contribution in [-0.2, 0) is 13.0 Å². The van der Waals surface area contributed by atoms with E-state index in [1.54, 1.807) is 0 Å². The summed E-state index contributed by atoms with van der Waals surface area (Å²) in [7, 11) is 0. The molecule has 1 heterocycles. The molecule has 0 aliphatic heterocycles. The molecule has 1 aromatic rings. The van der Waals surface area contributed by atoms with E-state index in [1.165, 1.54) is 0 Å². The first kappa shape index (κ1) is 11.0. The minimum absolute atomic E-state index is 0.624. The number of nitrogens with one attached hydrogen (secondary N) is 1. The lowest BCUT2D eigenvalue weighted by atomic mass is 10.1. The summed E-state index contributed by atoms with van der Waals surface area (Å²) in [5, 5.41) is 11.5. The van der Waals surface area contributed by atoms with E-state index < -0.39 is 0 Å². The van der Waals surface area contributed by atoms with Gasteiger partial charge in [0, 0.05) is 19.5 Å². The number of rotatable bonds is 5. The van der Waals surface area contributed by atoms with Crippen LogP contribution in [0.3, 0.4) is 0 Å². The van der Waals surface area contributed by atoms with Crippen LogP contribution >= 0.6 is 0 Å². The van der Waals surface area contributed by atoms with Gasteiger partial charge in [0.2, 0.25) is 5.95 Å². The topological polar surface area (TPSA) is 42.7 Å². The summed E-state index contributed by atoms with van der Waals surface area (Å²) in [4.78, 5) is 0. The predicted molar refractivity (Wildman–Crippen MR) is 58.4 cm³/mol. The summed E-state index contributed by atoms with van der Waals surface area (Å²) in [6.45, 7) is 10.4. The summed E-state index contributed by atoms with van der Waals surface area (Å²) in [5.74, 6) is 2.60. The fraction of sp³-hybridized carbons (Fsp3) is 0.800. The van der Waals surface area contributed by atoms with Crippen molar-refractivity contribution in [3.63, 3.8) is 0 Å². The Hall–Kier alpha value is -1.06. The Morgan fingerprint density at radius 2 is 2.00 bits per heavy atom. The maximum atomic E-state index is 4.20. The smallest absolute Gasteiger partial charge is 0.224 e. The molecule has 0 radical (unpaired) electrons. The zero-order valence-electron chi connectivity index (χ0n) is 9.54. The maximum absolute atomic E-state index is 4.20. The molecular weight excluding hydrogens is 176 g/mol. The van der Waals surface area contributed by atoms with Gasteiger partial charge in [0.15, 0.2) is 0 Å². The molecule has 0 unspecified atom stereocenters. The van der Waals surface area contributed by atoms with Gasteiger partial charge >= 0.3 is 0 Å². The third kappa shape index (κ3) is 2.47. The fourth-order valence-corrected chi connectivity index (χ4v) is 1.47. The Bertz CT molecular complexity index is 278. The Kier molecular flexibility index (Phi) is 3.92. The van der Waals surface area contributed by atoms with Gasteiger partial charge in [-0.15, -0.1) is 10.2 Å². The van der Waals surface area contributed by atoms with Crippen LogP contribution in [0.5, 0.6) is 0 Å². The standard InChI is InChI=1S/C10H20N4/c1-5-11-10-13-12-9(7-8(3)4)14(10)6-2/h8H,5-7H2,1-4H3,(H,11,13). The van der Waals surface area contributed by atoms with Crippen LogP contribution in [0.4, 0.5) is 5.95 Å². The number of aromatic nitrogens is 3. The molecule has 0 atom stereocenters. The molecule has 80 valence electrons. The Balaban J connectivity index is 2.83. The second-order valence-corrected chi connectivity index (χ2v) is 3.81. The molecule has 0 aromatic carbocycles. The molecule has 4 heteroatoms. The Morgan fingerprint density at radius 1 is 1.29 bits per heavy atom. The average molecular weight is 196 g/mol. The van der Waals surface area contributed by atoms with Crippen molar-refractivity contribution in [2.45, 2.75) is 40.7 Å². The molecule has 1 rings (SSSR count). The van der Waals surface area contributed by atoms with Crippen LogP contribution in [0.25, 0.3) is 0 Å². The lowest BCUT2D eigenvalue weighted by Crippen LogP contribution is -2.10. The minimum Gasteiger partial charge on any atom is -0.355 e. The van der Waals surface area contributed by atoms with Gasteiger partial charge in [-0.05, 0) is 19.8 Å². The average Bonchev–Trinajstić information content (AvgIpc) is 2.47. The first-order valence-electron chi connectivity index (χ1n) is 5.34. The molecule has 1 aromatic heterocycles. The molecule has 0 fully saturated rings. The van der Waals surface area contributed by atoms with Crippen molar-refractivity contribution in [2.75, 3.05) is 11.9 Å². The third-order valence-corrected chi connectivity index (χ3v) is 2.07. The van der Waals surface area contributed by atoms with Gasteiger partial charge in [-0.25, -0.2) is 0 Å². The van der Waals surface area contributed by atoms with Gasteiger partial charge in [-0.1, -0.05) is 13.8 Å². The molecule has 0 aliphatic carbocycles. The molecule has 0 saturated carbocycles. The SMILES string of the molecule is CCNc1nnc(CC(C)C)n1CC. The summed E-state index contributed by atoms with van der Waals surface area (Å²) in [6.07, 6.45) is 0.992. The van der Waals surface area contributed by atoms with E-state index in [-0.39, 0.29) is 0 Å². The number of nitrogens with zero attached hydrogens (tertiary/aromatic N) is 3. The van der Waals surface area contributed by atoms with E-state index in [1.807, 2.05) is 0 Å². The van der Waals surface area contributed by atoms with Crippen LogP contribution in [0.2, 0.25) is 0 Å². The Labute approximate surface area is 85.7 Å². The molecule has 1 N–H and O–H groups in total. The highest BCUT2D eigenvalue weighted by Gasteiger charge is 2.10. The number of hydrogen-bond donors (Lipinski definition) is 1. The molecule has 4 nitrogen and oxygen atoms in total. The van der Waals surface area contributed by atoms with Crippen LogP contribution in [0, 0.1) is 5.92 Å². The van der Waals surface area contributed by atoms with Crippen molar-refractivity contribution in [1.82, 2.24) is 14.8 Å². The van der Waals surface area contributed by atoms with Crippen molar-refractivity contribution < 1.29 is 0 Å². The van der Waals surface area contributed by atoms with Gasteiger partial charge < -0.3 is 5.32 Å². The molecule has 0 saturated heterocycles. The second kappa shape index (κ2) is 4.98. The molecule has 0 spiro atoms. The van der Waals surface area contributed by atoms with Crippen LogP contribution in [-0.4, -0.2) is 21.3 Å². The first-order valence-corrected chi connectivity index (χ1v) is 5.34. The highest BCUT2D eigenvalue weighted by molar-refractivity contribution is 5.25. The van der Waals surface area contributed by atoms with Crippen molar-refractivity contribution in [3.8, 4) is 0 Å². The van der Waals surface area contributed by atoms with E-state index in [0.717, 1.165) is 31.3 Å². The molecule has 0 aliphatic rings. The normalized spacial score (nSPS) is 10.9. The summed E-state index contributed by atoms with van der Waals surface area (Å²) in [5.41, 5.74) is 0. The third-order valence-electron chi connectivity index (χ3n) is 2.07. The molecule has 14 heavy (non-hydrogen) atoms. The summed E-state index contributed by atoms with van der Waals surface area (Å²) < 4.78 is 2.14. The van der Waals surface area contributed by atoms with Gasteiger partial charge in [0.1, 0.15) is 5.82 Å².